The van der Waals surface area contributed by atoms with Crippen LogP contribution in [-0.2, 0) is 0 Å². The fourth-order valence-corrected chi connectivity index (χ4v) is 5.45. The van der Waals surface area contributed by atoms with Crippen LogP contribution >= 0.6 is 0 Å². The summed E-state index contributed by atoms with van der Waals surface area (Å²) < 4.78 is 0. The van der Waals surface area contributed by atoms with Gasteiger partial charge in [0.15, 0.2) is 0 Å². The van der Waals surface area contributed by atoms with Gasteiger partial charge in [-0.3, -0.25) is 0 Å². The first-order chi connectivity index (χ1) is 10.1. The lowest BCUT2D eigenvalue weighted by Crippen LogP contribution is -2.54. The molecule has 0 spiro atoms. The van der Waals surface area contributed by atoms with Crippen LogP contribution in [0.15, 0.2) is 18.2 Å². The second-order valence-electron chi connectivity index (χ2n) is 7.63. The molecule has 1 aromatic rings. The van der Waals surface area contributed by atoms with Crippen LogP contribution in [-0.4, -0.2) is 16.3 Å². The Morgan fingerprint density at radius 3 is 1.95 bits per heavy atom. The van der Waals surface area contributed by atoms with Gasteiger partial charge in [-0.1, -0.05) is 0 Å². The Bertz CT molecular complexity index is 494. The van der Waals surface area contributed by atoms with E-state index in [1.807, 2.05) is 0 Å². The summed E-state index contributed by atoms with van der Waals surface area (Å²) in [6.45, 7) is 2.14. The van der Waals surface area contributed by atoms with Gasteiger partial charge in [-0.2, -0.15) is 0 Å². The first-order valence-corrected chi connectivity index (χ1v) is 8.37. The molecular weight excluding hydrogens is 262 g/mol. The minimum atomic E-state index is 0.142. The van der Waals surface area contributed by atoms with Crippen molar-refractivity contribution in [2.75, 3.05) is 0 Å². The molecule has 1 unspecified atom stereocenters. The molecule has 4 saturated carbocycles. The maximum Gasteiger partial charge on any atom is 0.119 e. The van der Waals surface area contributed by atoms with Crippen molar-refractivity contribution in [1.29, 1.82) is 0 Å². The highest BCUT2D eigenvalue weighted by atomic mass is 16.3. The Labute approximate surface area is 126 Å². The highest BCUT2D eigenvalue weighted by Crippen LogP contribution is 2.54. The topological polar surface area (TPSA) is 52.5 Å². The Hall–Kier alpha value is -1.22. The van der Waals surface area contributed by atoms with Crippen LogP contribution in [0.1, 0.15) is 50.6 Å². The predicted molar refractivity (Wildman–Crippen MR) is 82.2 cm³/mol. The zero-order chi connectivity index (χ0) is 14.6. The van der Waals surface area contributed by atoms with E-state index in [0.717, 1.165) is 29.2 Å². The van der Waals surface area contributed by atoms with Crippen LogP contribution in [0, 0.1) is 23.7 Å². The van der Waals surface area contributed by atoms with E-state index < -0.39 is 0 Å². The van der Waals surface area contributed by atoms with Crippen molar-refractivity contribution in [1.82, 2.24) is 5.32 Å². The number of hydrogen-bond acceptors (Lipinski definition) is 3. The lowest BCUT2D eigenvalue weighted by molar-refractivity contribution is -0.0171. The molecule has 1 aromatic carbocycles. The molecule has 1 atom stereocenters. The molecule has 0 radical (unpaired) electrons. The molecule has 0 amide bonds. The number of aromatic hydroxyl groups is 2. The Kier molecular flexibility index (Phi) is 3.14. The summed E-state index contributed by atoms with van der Waals surface area (Å²) in [6, 6.07) is 5.70. The van der Waals surface area contributed by atoms with Gasteiger partial charge in [0.2, 0.25) is 0 Å². The van der Waals surface area contributed by atoms with Crippen LogP contribution in [0.2, 0.25) is 0 Å². The summed E-state index contributed by atoms with van der Waals surface area (Å²) in [5.41, 5.74) is 0.973. The predicted octanol–water partition coefficient (Wildman–Crippen LogP) is 3.57. The third kappa shape index (κ3) is 2.42. The molecule has 5 rings (SSSR count). The van der Waals surface area contributed by atoms with E-state index in [1.165, 1.54) is 38.2 Å². The van der Waals surface area contributed by atoms with E-state index in [0.29, 0.717) is 6.04 Å². The third-order valence-electron chi connectivity index (χ3n) is 6.09. The first kappa shape index (κ1) is 13.4. The van der Waals surface area contributed by atoms with E-state index in [4.69, 9.17) is 0 Å². The first-order valence-electron chi connectivity index (χ1n) is 8.37. The lowest BCUT2D eigenvalue weighted by atomic mass is 9.54. The van der Waals surface area contributed by atoms with Gasteiger partial charge in [0, 0.05) is 18.2 Å². The zero-order valence-corrected chi connectivity index (χ0v) is 12.6. The monoisotopic (exact) mass is 287 g/mol. The highest BCUT2D eigenvalue weighted by Gasteiger charge is 2.48. The highest BCUT2D eigenvalue weighted by molar-refractivity contribution is 5.38. The van der Waals surface area contributed by atoms with Crippen LogP contribution in [0.4, 0.5) is 0 Å². The van der Waals surface area contributed by atoms with E-state index in [1.54, 1.807) is 12.1 Å². The molecule has 3 N–H and O–H groups in total. The van der Waals surface area contributed by atoms with Crippen LogP contribution in [0.3, 0.4) is 0 Å². The van der Waals surface area contributed by atoms with Crippen molar-refractivity contribution in [2.45, 2.75) is 51.1 Å². The molecule has 3 nitrogen and oxygen atoms in total. The molecule has 0 heterocycles. The Morgan fingerprint density at radius 2 is 1.43 bits per heavy atom. The van der Waals surface area contributed by atoms with Crippen molar-refractivity contribution in [3.63, 3.8) is 0 Å². The van der Waals surface area contributed by atoms with Gasteiger partial charge in [-0.25, -0.2) is 0 Å². The van der Waals surface area contributed by atoms with Gasteiger partial charge in [0.25, 0.3) is 0 Å². The number of phenols is 2. The Morgan fingerprint density at radius 1 is 0.905 bits per heavy atom. The summed E-state index contributed by atoms with van der Waals surface area (Å²) in [5.74, 6) is 3.95. The van der Waals surface area contributed by atoms with Gasteiger partial charge in [-0.15, -0.1) is 0 Å². The average Bonchev–Trinajstić information content (AvgIpc) is 2.40. The molecule has 4 fully saturated rings. The normalized spacial score (nSPS) is 38.6. The molecule has 4 aliphatic rings. The molecule has 3 heteroatoms. The minimum Gasteiger partial charge on any atom is -0.508 e. The second kappa shape index (κ2) is 4.91. The second-order valence-corrected chi connectivity index (χ2v) is 7.63. The minimum absolute atomic E-state index is 0.142. The van der Waals surface area contributed by atoms with Gasteiger partial charge in [0.1, 0.15) is 11.5 Å². The molecule has 114 valence electrons. The molecule has 21 heavy (non-hydrogen) atoms. The number of hydrogen-bond donors (Lipinski definition) is 3. The maximum atomic E-state index is 9.66. The molecule has 0 aromatic heterocycles. The van der Waals surface area contributed by atoms with Crippen molar-refractivity contribution >= 4 is 0 Å². The largest absolute Gasteiger partial charge is 0.508 e. The van der Waals surface area contributed by atoms with E-state index in [2.05, 4.69) is 12.2 Å². The summed E-state index contributed by atoms with van der Waals surface area (Å²) >= 11 is 0. The van der Waals surface area contributed by atoms with E-state index in [-0.39, 0.29) is 17.5 Å². The fourth-order valence-electron chi connectivity index (χ4n) is 5.45. The maximum absolute atomic E-state index is 9.66. The number of nitrogens with one attached hydrogen (secondary N) is 1. The zero-order valence-electron chi connectivity index (χ0n) is 12.6. The van der Waals surface area contributed by atoms with Gasteiger partial charge >= 0.3 is 0 Å². The SMILES string of the molecule is CC(NC1C2CC3CC(C2)CC1C3)c1cc(O)cc(O)c1. The van der Waals surface area contributed by atoms with Crippen LogP contribution < -0.4 is 5.32 Å². The van der Waals surface area contributed by atoms with Crippen LogP contribution in [0.5, 0.6) is 11.5 Å². The van der Waals surface area contributed by atoms with Crippen molar-refractivity contribution in [3.8, 4) is 11.5 Å². The van der Waals surface area contributed by atoms with Gasteiger partial charge < -0.3 is 15.5 Å². The van der Waals surface area contributed by atoms with Crippen molar-refractivity contribution < 1.29 is 10.2 Å². The van der Waals surface area contributed by atoms with Gasteiger partial charge in [-0.05, 0) is 80.4 Å². The summed E-state index contributed by atoms with van der Waals surface area (Å²) in [6.07, 6.45) is 7.10. The number of rotatable bonds is 3. The lowest BCUT2D eigenvalue weighted by Gasteiger charge is -2.55. The quantitative estimate of drug-likeness (QED) is 0.796. The van der Waals surface area contributed by atoms with Crippen molar-refractivity contribution in [3.05, 3.63) is 23.8 Å². The van der Waals surface area contributed by atoms with E-state index in [9.17, 15) is 10.2 Å². The number of phenolic OH excluding ortho intramolecular Hbond substituents is 2. The summed E-state index contributed by atoms with van der Waals surface area (Å²) in [7, 11) is 0. The van der Waals surface area contributed by atoms with E-state index >= 15 is 0 Å². The fraction of sp³-hybridized carbons (Fsp3) is 0.667. The number of benzene rings is 1. The Balaban J connectivity index is 1.50. The smallest absolute Gasteiger partial charge is 0.119 e. The third-order valence-corrected chi connectivity index (χ3v) is 6.09. The van der Waals surface area contributed by atoms with Gasteiger partial charge in [0.05, 0.1) is 0 Å². The molecule has 0 saturated heterocycles. The van der Waals surface area contributed by atoms with Crippen LogP contribution in [0.25, 0.3) is 0 Å². The molecule has 4 bridgehead atoms. The average molecular weight is 287 g/mol. The summed E-state index contributed by atoms with van der Waals surface area (Å²) in [5, 5.41) is 23.1. The molecular formula is C18H25NO2. The molecule has 0 aliphatic heterocycles. The molecule has 4 aliphatic carbocycles. The standard InChI is InChI=1S/C18H25NO2/c1-10(13-7-16(20)9-17(21)8-13)19-18-14-3-11-2-12(5-14)6-15(18)4-11/h7-12,14-15,18-21H,2-6H2,1H3. The summed E-state index contributed by atoms with van der Waals surface area (Å²) in [4.78, 5) is 0. The van der Waals surface area contributed by atoms with Crippen molar-refractivity contribution in [2.24, 2.45) is 23.7 Å².